The van der Waals surface area contributed by atoms with Crippen LogP contribution in [0, 0.1) is 11.8 Å². The number of carbonyl (C=O) groups excluding carboxylic acids is 5. The summed E-state index contributed by atoms with van der Waals surface area (Å²) in [7, 11) is 0. The minimum absolute atomic E-state index is 0.0373. The largest absolute Gasteiger partial charge is 0.457 e. The molecule has 0 saturated carbocycles. The lowest BCUT2D eigenvalue weighted by Crippen LogP contribution is -2.56. The van der Waals surface area contributed by atoms with Gasteiger partial charge in [0.15, 0.2) is 12.4 Å². The summed E-state index contributed by atoms with van der Waals surface area (Å²) in [5.74, 6) is -4.04. The summed E-state index contributed by atoms with van der Waals surface area (Å²) >= 11 is 7.98. The standard InChI is InChI=1S/C38H23Br2NO8/c39-37-25-9-1-2-10-26(25)38(40,28-12-4-3-11-27(28)37)32-31(37)33(43)41(34(32)44)23-8-5-7-22(19-23)35(45)48-20-29(42)21-14-16-24(17-15-21)49-36(46)30-13-6-18-47-30/h1-19,31-32H,20H2/t31-,32-,37?,38?/m1/s1. The third kappa shape index (κ3) is 4.59. The minimum atomic E-state index is -0.946. The van der Waals surface area contributed by atoms with Gasteiger partial charge in [-0.25, -0.2) is 14.5 Å². The molecule has 1 fully saturated rings. The van der Waals surface area contributed by atoms with Crippen molar-refractivity contribution in [1.82, 2.24) is 0 Å². The molecule has 3 aliphatic carbocycles. The zero-order chi connectivity index (χ0) is 34.1. The molecule has 9 rings (SSSR count). The van der Waals surface area contributed by atoms with Gasteiger partial charge < -0.3 is 13.9 Å². The first-order chi connectivity index (χ1) is 23.6. The van der Waals surface area contributed by atoms with Gasteiger partial charge in [0.25, 0.3) is 0 Å². The maximum Gasteiger partial charge on any atom is 0.379 e. The Morgan fingerprint density at radius 1 is 0.673 bits per heavy atom. The third-order valence-corrected chi connectivity index (χ3v) is 12.1. The molecule has 242 valence electrons. The van der Waals surface area contributed by atoms with Crippen LogP contribution in [0.4, 0.5) is 5.69 Å². The first-order valence-electron chi connectivity index (χ1n) is 15.3. The van der Waals surface area contributed by atoms with Crippen molar-refractivity contribution < 1.29 is 37.9 Å². The summed E-state index contributed by atoms with van der Waals surface area (Å²) in [6, 6.07) is 30.5. The Morgan fingerprint density at radius 2 is 1.24 bits per heavy atom. The number of amides is 2. The lowest BCUT2D eigenvalue weighted by molar-refractivity contribution is -0.122. The lowest BCUT2D eigenvalue weighted by Gasteiger charge is -2.55. The number of ether oxygens (including phenoxy) is 2. The van der Waals surface area contributed by atoms with Crippen LogP contribution >= 0.6 is 31.9 Å². The number of alkyl halides is 2. The molecule has 0 radical (unpaired) electrons. The van der Waals surface area contributed by atoms with Crippen LogP contribution in [0.15, 0.2) is 120 Å². The number of anilines is 1. The molecule has 2 amide bonds. The van der Waals surface area contributed by atoms with Crippen molar-refractivity contribution in [1.29, 1.82) is 0 Å². The number of hydrogen-bond acceptors (Lipinski definition) is 8. The van der Waals surface area contributed by atoms with Crippen LogP contribution in [-0.4, -0.2) is 36.1 Å². The monoisotopic (exact) mass is 779 g/mol. The average molecular weight is 781 g/mol. The molecule has 5 aromatic rings. The molecule has 2 bridgehead atoms. The Kier molecular flexibility index (Phi) is 7.31. The number of Topliss-reactive ketones (excluding diaryl/α,β-unsaturated/α-hetero) is 1. The van der Waals surface area contributed by atoms with E-state index in [1.54, 1.807) is 18.2 Å². The predicted octanol–water partition coefficient (Wildman–Crippen LogP) is 6.95. The van der Waals surface area contributed by atoms with E-state index >= 15 is 0 Å². The second-order valence-electron chi connectivity index (χ2n) is 11.9. The van der Waals surface area contributed by atoms with Gasteiger partial charge in [0, 0.05) is 5.56 Å². The van der Waals surface area contributed by atoms with Crippen LogP contribution in [0.3, 0.4) is 0 Å². The molecule has 0 N–H and O–H groups in total. The number of ketones is 1. The number of nitrogens with zero attached hydrogens (tertiary/aromatic N) is 1. The minimum Gasteiger partial charge on any atom is -0.457 e. The van der Waals surface area contributed by atoms with E-state index in [1.165, 1.54) is 48.7 Å². The fourth-order valence-electron chi connectivity index (χ4n) is 7.25. The Balaban J connectivity index is 1.01. The maximum atomic E-state index is 14.4. The number of esters is 2. The maximum absolute atomic E-state index is 14.4. The van der Waals surface area contributed by atoms with Crippen LogP contribution in [0.1, 0.15) is 53.5 Å². The number of hydrogen-bond donors (Lipinski definition) is 0. The van der Waals surface area contributed by atoms with Gasteiger partial charge >= 0.3 is 11.9 Å². The van der Waals surface area contributed by atoms with Gasteiger partial charge in [0.05, 0.1) is 38.0 Å². The van der Waals surface area contributed by atoms with Crippen molar-refractivity contribution >= 4 is 67.1 Å². The van der Waals surface area contributed by atoms with E-state index in [0.717, 1.165) is 27.2 Å². The van der Waals surface area contributed by atoms with Gasteiger partial charge in [0.1, 0.15) is 5.75 Å². The highest BCUT2D eigenvalue weighted by Crippen LogP contribution is 2.70. The zero-order valence-corrected chi connectivity index (χ0v) is 28.5. The third-order valence-electron chi connectivity index (χ3n) is 9.37. The van der Waals surface area contributed by atoms with E-state index in [9.17, 15) is 24.0 Å². The fraction of sp³-hybridized carbons (Fsp3) is 0.132. The molecule has 11 heteroatoms. The van der Waals surface area contributed by atoms with Crippen molar-refractivity contribution in [2.75, 3.05) is 11.5 Å². The number of imide groups is 1. The van der Waals surface area contributed by atoms with Gasteiger partial charge in [-0.2, -0.15) is 0 Å². The summed E-state index contributed by atoms with van der Waals surface area (Å²) in [5.41, 5.74) is 4.20. The number of halogens is 2. The SMILES string of the molecule is O=C(COC(=O)c1cccc(N2C(=O)[C@H]3[C@H](C2=O)C2(Br)c4ccccc4C3(Br)c3ccccc32)c1)c1ccc(OC(=O)c2ccco2)cc1. The molecule has 49 heavy (non-hydrogen) atoms. The first kappa shape index (κ1) is 31.2. The van der Waals surface area contributed by atoms with E-state index < -0.39 is 56.6 Å². The highest BCUT2D eigenvalue weighted by atomic mass is 79.9. The summed E-state index contributed by atoms with van der Waals surface area (Å²) in [6.45, 7) is -0.560. The topological polar surface area (TPSA) is 120 Å². The summed E-state index contributed by atoms with van der Waals surface area (Å²) < 4.78 is 13.7. The number of benzene rings is 4. The molecule has 0 unspecified atom stereocenters. The van der Waals surface area contributed by atoms with Crippen LogP contribution in [-0.2, 0) is 23.0 Å². The van der Waals surface area contributed by atoms with Gasteiger partial charge in [-0.3, -0.25) is 14.4 Å². The highest BCUT2D eigenvalue weighted by molar-refractivity contribution is 9.10. The quantitative estimate of drug-likeness (QED) is 0.0573. The number of furan rings is 1. The molecule has 2 atom stereocenters. The second-order valence-corrected chi connectivity index (χ2v) is 14.4. The molecule has 1 aliphatic heterocycles. The van der Waals surface area contributed by atoms with Crippen molar-refractivity contribution in [2.24, 2.45) is 11.8 Å². The van der Waals surface area contributed by atoms with E-state index in [-0.39, 0.29) is 28.3 Å². The fourth-order valence-corrected chi connectivity index (χ4v) is 9.56. The normalized spacial score (nSPS) is 23.0. The Bertz CT molecular complexity index is 2090. The van der Waals surface area contributed by atoms with Crippen molar-refractivity contribution in [3.8, 4) is 5.75 Å². The molecule has 9 nitrogen and oxygen atoms in total. The highest BCUT2D eigenvalue weighted by Gasteiger charge is 2.72. The van der Waals surface area contributed by atoms with E-state index in [0.29, 0.717) is 0 Å². The summed E-state index contributed by atoms with van der Waals surface area (Å²) in [6.07, 6.45) is 1.35. The lowest BCUT2D eigenvalue weighted by atomic mass is 9.54. The Labute approximate surface area is 296 Å². The van der Waals surface area contributed by atoms with Gasteiger partial charge in [-0.05, 0) is 76.9 Å². The Hall–Kier alpha value is -5.13. The van der Waals surface area contributed by atoms with Crippen LogP contribution in [0.25, 0.3) is 0 Å². The molecular weight excluding hydrogens is 758 g/mol. The van der Waals surface area contributed by atoms with Crippen molar-refractivity contribution in [3.05, 3.63) is 155 Å². The molecule has 2 heterocycles. The average Bonchev–Trinajstić information content (AvgIpc) is 3.77. The van der Waals surface area contributed by atoms with Crippen LogP contribution in [0.2, 0.25) is 0 Å². The predicted molar refractivity (Wildman–Crippen MR) is 183 cm³/mol. The first-order valence-corrected chi connectivity index (χ1v) is 16.8. The van der Waals surface area contributed by atoms with E-state index in [4.69, 9.17) is 13.9 Å². The van der Waals surface area contributed by atoms with E-state index in [1.807, 2.05) is 48.5 Å². The number of carbonyl (C=O) groups is 5. The second kappa shape index (κ2) is 11.5. The number of rotatable bonds is 7. The van der Waals surface area contributed by atoms with Crippen molar-refractivity contribution in [3.63, 3.8) is 0 Å². The smallest absolute Gasteiger partial charge is 0.379 e. The van der Waals surface area contributed by atoms with Gasteiger partial charge in [0.2, 0.25) is 17.6 Å². The van der Waals surface area contributed by atoms with E-state index in [2.05, 4.69) is 31.9 Å². The molecule has 1 saturated heterocycles. The van der Waals surface area contributed by atoms with Gasteiger partial charge in [-0.15, -0.1) is 0 Å². The Morgan fingerprint density at radius 3 is 1.78 bits per heavy atom. The van der Waals surface area contributed by atoms with Crippen LogP contribution < -0.4 is 9.64 Å². The molecule has 4 aliphatic rings. The van der Waals surface area contributed by atoms with Crippen LogP contribution in [0.5, 0.6) is 5.75 Å². The molecular formula is C38H23Br2NO8. The van der Waals surface area contributed by atoms with Crippen molar-refractivity contribution in [2.45, 2.75) is 8.65 Å². The molecule has 4 aromatic carbocycles. The van der Waals surface area contributed by atoms with Gasteiger partial charge in [-0.1, -0.05) is 86.5 Å². The summed E-state index contributed by atoms with van der Waals surface area (Å²) in [4.78, 5) is 67.9. The summed E-state index contributed by atoms with van der Waals surface area (Å²) in [5, 5.41) is 0. The molecule has 1 aromatic heterocycles. The zero-order valence-electron chi connectivity index (χ0n) is 25.3. The molecule has 0 spiro atoms.